The highest BCUT2D eigenvalue weighted by molar-refractivity contribution is 6.30. The molecule has 0 saturated carbocycles. The zero-order valence-corrected chi connectivity index (χ0v) is 9.60. The van der Waals surface area contributed by atoms with Gasteiger partial charge in [-0.25, -0.2) is 4.39 Å². The van der Waals surface area contributed by atoms with Crippen LogP contribution in [-0.4, -0.2) is 23.9 Å². The van der Waals surface area contributed by atoms with Crippen molar-refractivity contribution in [2.75, 3.05) is 7.05 Å². The maximum absolute atomic E-state index is 13.4. The molecule has 1 atom stereocenters. The SMILES string of the molecule is CCC1=C(Cl)N(C)N=C([C@@H](F)CC)C1. The molecule has 1 aliphatic rings. The molecule has 0 aromatic carbocycles. The Morgan fingerprint density at radius 3 is 2.71 bits per heavy atom. The first-order chi connectivity index (χ1) is 6.60. The molecule has 1 rings (SSSR count). The van der Waals surface area contributed by atoms with Crippen molar-refractivity contribution in [2.24, 2.45) is 5.10 Å². The summed E-state index contributed by atoms with van der Waals surface area (Å²) < 4.78 is 13.4. The fraction of sp³-hybridized carbons (Fsp3) is 0.700. The lowest BCUT2D eigenvalue weighted by molar-refractivity contribution is 0.386. The van der Waals surface area contributed by atoms with Crippen LogP contribution in [0.2, 0.25) is 0 Å². The Labute approximate surface area is 89.4 Å². The van der Waals surface area contributed by atoms with Gasteiger partial charge in [-0.1, -0.05) is 25.4 Å². The van der Waals surface area contributed by atoms with Crippen molar-refractivity contribution in [3.05, 3.63) is 10.7 Å². The van der Waals surface area contributed by atoms with E-state index < -0.39 is 6.17 Å². The number of alkyl halides is 1. The lowest BCUT2D eigenvalue weighted by atomic mass is 10.0. The van der Waals surface area contributed by atoms with E-state index in [1.165, 1.54) is 0 Å². The van der Waals surface area contributed by atoms with Crippen molar-refractivity contribution in [3.63, 3.8) is 0 Å². The van der Waals surface area contributed by atoms with Crippen LogP contribution in [-0.2, 0) is 0 Å². The third-order valence-electron chi connectivity index (χ3n) is 2.40. The molecule has 1 heterocycles. The van der Waals surface area contributed by atoms with E-state index in [9.17, 15) is 4.39 Å². The number of halogens is 2. The van der Waals surface area contributed by atoms with E-state index in [1.54, 1.807) is 12.1 Å². The van der Waals surface area contributed by atoms with Gasteiger partial charge in [-0.05, 0) is 18.4 Å². The first-order valence-corrected chi connectivity index (χ1v) is 5.30. The molecule has 0 bridgehead atoms. The molecule has 0 radical (unpaired) electrons. The first kappa shape index (κ1) is 11.5. The minimum absolute atomic E-state index is 0.473. The molecular weight excluding hydrogens is 203 g/mol. The summed E-state index contributed by atoms with van der Waals surface area (Å²) in [5, 5.41) is 6.31. The lowest BCUT2D eigenvalue weighted by Crippen LogP contribution is -2.25. The Morgan fingerprint density at radius 2 is 2.21 bits per heavy atom. The highest BCUT2D eigenvalue weighted by Crippen LogP contribution is 2.26. The Hall–Kier alpha value is -0.570. The van der Waals surface area contributed by atoms with Crippen LogP contribution in [0.25, 0.3) is 0 Å². The van der Waals surface area contributed by atoms with Gasteiger partial charge in [0.15, 0.2) is 0 Å². The molecule has 0 unspecified atom stereocenters. The van der Waals surface area contributed by atoms with E-state index in [0.717, 1.165) is 12.0 Å². The quantitative estimate of drug-likeness (QED) is 0.664. The number of hydrazone groups is 1. The molecule has 1 aliphatic heterocycles. The number of allylic oxidation sites excluding steroid dienone is 1. The van der Waals surface area contributed by atoms with Crippen LogP contribution in [0, 0.1) is 0 Å². The van der Waals surface area contributed by atoms with Gasteiger partial charge in [-0.15, -0.1) is 0 Å². The summed E-state index contributed by atoms with van der Waals surface area (Å²) in [6.07, 6.45) is 0.956. The number of rotatable bonds is 3. The predicted octanol–water partition coefficient (Wildman–Crippen LogP) is 3.29. The largest absolute Gasteiger partial charge is 0.257 e. The fourth-order valence-corrected chi connectivity index (χ4v) is 1.71. The summed E-state index contributed by atoms with van der Waals surface area (Å²) in [5.74, 6) is 0. The highest BCUT2D eigenvalue weighted by Gasteiger charge is 2.22. The topological polar surface area (TPSA) is 15.6 Å². The van der Waals surface area contributed by atoms with Gasteiger partial charge in [0.25, 0.3) is 0 Å². The van der Waals surface area contributed by atoms with Crippen LogP contribution < -0.4 is 0 Å². The number of hydrogen-bond donors (Lipinski definition) is 0. The normalized spacial score (nSPS) is 19.8. The van der Waals surface area contributed by atoms with Crippen LogP contribution in [0.5, 0.6) is 0 Å². The molecule has 4 heteroatoms. The molecule has 0 aliphatic carbocycles. The van der Waals surface area contributed by atoms with Crippen molar-refractivity contribution < 1.29 is 4.39 Å². The van der Waals surface area contributed by atoms with Gasteiger partial charge in [-0.2, -0.15) is 5.10 Å². The summed E-state index contributed by atoms with van der Waals surface area (Å²) in [6, 6.07) is 0. The van der Waals surface area contributed by atoms with Crippen molar-refractivity contribution in [1.29, 1.82) is 0 Å². The lowest BCUT2D eigenvalue weighted by Gasteiger charge is -2.24. The Morgan fingerprint density at radius 1 is 1.57 bits per heavy atom. The van der Waals surface area contributed by atoms with Crippen molar-refractivity contribution in [3.8, 4) is 0 Å². The van der Waals surface area contributed by atoms with E-state index in [1.807, 2.05) is 13.8 Å². The maximum atomic E-state index is 13.4. The molecule has 14 heavy (non-hydrogen) atoms. The minimum atomic E-state index is -0.941. The predicted molar refractivity (Wildman–Crippen MR) is 58.2 cm³/mol. The highest BCUT2D eigenvalue weighted by atomic mass is 35.5. The average molecular weight is 219 g/mol. The molecule has 0 saturated heterocycles. The second-order valence-electron chi connectivity index (χ2n) is 3.42. The van der Waals surface area contributed by atoms with Gasteiger partial charge in [0, 0.05) is 13.5 Å². The number of hydrogen-bond acceptors (Lipinski definition) is 2. The summed E-state index contributed by atoms with van der Waals surface area (Å²) in [6.45, 7) is 3.84. The summed E-state index contributed by atoms with van der Waals surface area (Å²) in [5.41, 5.74) is 1.66. The van der Waals surface area contributed by atoms with Gasteiger partial charge in [-0.3, -0.25) is 5.01 Å². The molecule has 0 aromatic rings. The van der Waals surface area contributed by atoms with Crippen molar-refractivity contribution in [2.45, 2.75) is 39.3 Å². The Kier molecular flexibility index (Phi) is 3.93. The van der Waals surface area contributed by atoms with Gasteiger partial charge in [0.1, 0.15) is 11.3 Å². The molecular formula is C10H16ClFN2. The van der Waals surface area contributed by atoms with E-state index in [0.29, 0.717) is 23.7 Å². The van der Waals surface area contributed by atoms with Crippen molar-refractivity contribution >= 4 is 17.3 Å². The summed E-state index contributed by atoms with van der Waals surface area (Å²) in [4.78, 5) is 0. The van der Waals surface area contributed by atoms with E-state index >= 15 is 0 Å². The van der Waals surface area contributed by atoms with Gasteiger partial charge < -0.3 is 0 Å². The second-order valence-corrected chi connectivity index (χ2v) is 3.77. The zero-order chi connectivity index (χ0) is 10.7. The van der Waals surface area contributed by atoms with Crippen LogP contribution in [0.4, 0.5) is 4.39 Å². The maximum Gasteiger partial charge on any atom is 0.140 e. The average Bonchev–Trinajstić information content (AvgIpc) is 2.20. The Bertz CT molecular complexity index is 273. The van der Waals surface area contributed by atoms with Crippen LogP contribution in [0.1, 0.15) is 33.1 Å². The van der Waals surface area contributed by atoms with E-state index in [4.69, 9.17) is 11.6 Å². The smallest absolute Gasteiger partial charge is 0.140 e. The second kappa shape index (κ2) is 4.78. The van der Waals surface area contributed by atoms with Gasteiger partial charge in [0.2, 0.25) is 0 Å². The van der Waals surface area contributed by atoms with Crippen LogP contribution in [0.15, 0.2) is 15.8 Å². The zero-order valence-electron chi connectivity index (χ0n) is 8.85. The minimum Gasteiger partial charge on any atom is -0.257 e. The third-order valence-corrected chi connectivity index (χ3v) is 2.91. The van der Waals surface area contributed by atoms with Gasteiger partial charge >= 0.3 is 0 Å². The van der Waals surface area contributed by atoms with Gasteiger partial charge in [0.05, 0.1) is 5.71 Å². The molecule has 2 nitrogen and oxygen atoms in total. The molecule has 0 N–H and O–H groups in total. The van der Waals surface area contributed by atoms with Crippen LogP contribution >= 0.6 is 11.6 Å². The summed E-state index contributed by atoms with van der Waals surface area (Å²) >= 11 is 6.02. The number of nitrogens with zero attached hydrogens (tertiary/aromatic N) is 2. The summed E-state index contributed by atoms with van der Waals surface area (Å²) in [7, 11) is 1.75. The molecule has 0 amide bonds. The van der Waals surface area contributed by atoms with E-state index in [-0.39, 0.29) is 0 Å². The molecule has 0 spiro atoms. The molecule has 0 aromatic heterocycles. The molecule has 80 valence electrons. The van der Waals surface area contributed by atoms with Crippen LogP contribution in [0.3, 0.4) is 0 Å². The standard InChI is InChI=1S/C10H16ClFN2/c1-4-7-6-9(8(12)5-2)13-14(3)10(7)11/h8H,4-6H2,1-3H3/t8-/m0/s1. The van der Waals surface area contributed by atoms with Crippen molar-refractivity contribution in [1.82, 2.24) is 5.01 Å². The first-order valence-electron chi connectivity index (χ1n) is 4.92. The monoisotopic (exact) mass is 218 g/mol. The fourth-order valence-electron chi connectivity index (χ4n) is 1.47. The molecule has 0 fully saturated rings. The Balaban J connectivity index is 2.82. The van der Waals surface area contributed by atoms with E-state index in [2.05, 4.69) is 5.10 Å². The third kappa shape index (κ3) is 2.27.